The molecule has 0 aromatic carbocycles. The standard InChI is InChI=1S/C31H58N2O6/c1-12-23-30(10,36)26(34)22(5)33(11)18-19(2)17-29(9)25(28(6,7)8)20(3)24(21(4)27(35)37-23)38-31(39-29)13-15-32-16-14-31/h19-26,32,34,36H,12-18H2,1-11H3/t19-,20+,21-,22-,23-,24+,25+,26-,29+,30-/m1/s1. The van der Waals surface area contributed by atoms with Crippen molar-refractivity contribution < 1.29 is 29.2 Å². The van der Waals surface area contributed by atoms with Gasteiger partial charge in [-0.05, 0) is 70.8 Å². The highest BCUT2D eigenvalue weighted by Crippen LogP contribution is 2.53. The van der Waals surface area contributed by atoms with Crippen LogP contribution in [0.1, 0.15) is 94.9 Å². The minimum absolute atomic E-state index is 0.00645. The molecule has 0 aromatic heterocycles. The summed E-state index contributed by atoms with van der Waals surface area (Å²) in [6, 6.07) is -0.345. The van der Waals surface area contributed by atoms with Gasteiger partial charge in [0.2, 0.25) is 0 Å². The zero-order chi connectivity index (χ0) is 29.6. The fourth-order valence-electron chi connectivity index (χ4n) is 8.40. The molecule has 3 heterocycles. The highest BCUT2D eigenvalue weighted by Gasteiger charge is 2.58. The van der Waals surface area contributed by atoms with Crippen LogP contribution in [0, 0.1) is 29.1 Å². The molecule has 1 spiro atoms. The number of hydrogen-bond acceptors (Lipinski definition) is 8. The van der Waals surface area contributed by atoms with E-state index in [1.807, 2.05) is 27.8 Å². The fraction of sp³-hybridized carbons (Fsp3) is 0.968. The second kappa shape index (κ2) is 11.8. The van der Waals surface area contributed by atoms with E-state index >= 15 is 0 Å². The van der Waals surface area contributed by atoms with Gasteiger partial charge in [0.25, 0.3) is 0 Å². The van der Waals surface area contributed by atoms with Crippen LogP contribution < -0.4 is 5.32 Å². The summed E-state index contributed by atoms with van der Waals surface area (Å²) in [5, 5.41) is 26.3. The minimum Gasteiger partial charge on any atom is -0.459 e. The summed E-state index contributed by atoms with van der Waals surface area (Å²) in [4.78, 5) is 15.9. The first kappa shape index (κ1) is 32.7. The van der Waals surface area contributed by atoms with Crippen molar-refractivity contribution in [2.75, 3.05) is 26.7 Å². The molecule has 228 valence electrons. The molecule has 0 radical (unpaired) electrons. The fourth-order valence-corrected chi connectivity index (χ4v) is 8.40. The van der Waals surface area contributed by atoms with Crippen LogP contribution >= 0.6 is 0 Å². The maximum absolute atomic E-state index is 13.8. The van der Waals surface area contributed by atoms with Crippen LogP contribution in [0.5, 0.6) is 0 Å². The van der Waals surface area contributed by atoms with E-state index in [0.717, 1.165) is 26.1 Å². The molecule has 3 aliphatic rings. The molecule has 0 saturated carbocycles. The number of ether oxygens (including phenoxy) is 3. The SMILES string of the molecule is CC[C@H]1OC(=O)[C@H](C)[C@H]2OC3(CCNCC3)O[C@@](C)(C[C@@H](C)CN(C)[C@H](C)[C@@H](O)[C@]1(C)O)[C@H](C(C)(C)C)[C@H]2C. The van der Waals surface area contributed by atoms with Gasteiger partial charge >= 0.3 is 5.97 Å². The predicted molar refractivity (Wildman–Crippen MR) is 153 cm³/mol. The number of piperidine rings is 1. The molecule has 0 amide bonds. The maximum Gasteiger partial charge on any atom is 0.311 e. The second-order valence-electron chi connectivity index (χ2n) is 14.6. The Balaban J connectivity index is 2.19. The first-order valence-electron chi connectivity index (χ1n) is 15.3. The number of hydrogen-bond donors (Lipinski definition) is 3. The molecule has 10 atom stereocenters. The number of aliphatic hydroxyl groups is 2. The van der Waals surface area contributed by atoms with E-state index in [1.54, 1.807) is 6.92 Å². The topological polar surface area (TPSA) is 100 Å². The maximum atomic E-state index is 13.8. The second-order valence-corrected chi connectivity index (χ2v) is 14.6. The average Bonchev–Trinajstić information content (AvgIpc) is 2.91. The Labute approximate surface area is 237 Å². The third-order valence-corrected chi connectivity index (χ3v) is 10.0. The van der Waals surface area contributed by atoms with Crippen molar-refractivity contribution in [3.8, 4) is 0 Å². The molecule has 0 aromatic rings. The Bertz CT molecular complexity index is 837. The molecule has 39 heavy (non-hydrogen) atoms. The van der Waals surface area contributed by atoms with Gasteiger partial charge in [0.1, 0.15) is 17.8 Å². The van der Waals surface area contributed by atoms with E-state index in [0.29, 0.717) is 19.3 Å². The number of nitrogens with zero attached hydrogens (tertiary/aromatic N) is 1. The quantitative estimate of drug-likeness (QED) is 0.419. The molecular weight excluding hydrogens is 496 g/mol. The molecule has 0 unspecified atom stereocenters. The van der Waals surface area contributed by atoms with E-state index in [-0.39, 0.29) is 29.2 Å². The Morgan fingerprint density at radius 1 is 1.10 bits per heavy atom. The lowest BCUT2D eigenvalue weighted by Gasteiger charge is -2.50. The van der Waals surface area contributed by atoms with Gasteiger partial charge in [-0.1, -0.05) is 41.5 Å². The summed E-state index contributed by atoms with van der Waals surface area (Å²) >= 11 is 0. The molecule has 8 heteroatoms. The lowest BCUT2D eigenvalue weighted by Crippen LogP contribution is -2.59. The Morgan fingerprint density at radius 2 is 1.69 bits per heavy atom. The Hall–Kier alpha value is -0.770. The van der Waals surface area contributed by atoms with E-state index in [2.05, 4.69) is 51.8 Å². The molecule has 3 N–H and O–H groups in total. The smallest absolute Gasteiger partial charge is 0.311 e. The van der Waals surface area contributed by atoms with Crippen LogP contribution in [0.4, 0.5) is 0 Å². The number of fused-ring (bicyclic) bond motifs is 3. The summed E-state index contributed by atoms with van der Waals surface area (Å²) in [7, 11) is 1.99. The predicted octanol–water partition coefficient (Wildman–Crippen LogP) is 3.97. The Kier molecular flexibility index (Phi) is 9.94. The molecule has 3 fully saturated rings. The summed E-state index contributed by atoms with van der Waals surface area (Å²) in [6.45, 7) is 23.1. The van der Waals surface area contributed by atoms with Crippen LogP contribution in [-0.2, 0) is 19.0 Å². The highest BCUT2D eigenvalue weighted by atomic mass is 16.7. The zero-order valence-corrected chi connectivity index (χ0v) is 26.5. The van der Waals surface area contributed by atoms with Gasteiger partial charge < -0.3 is 34.6 Å². The monoisotopic (exact) mass is 554 g/mol. The van der Waals surface area contributed by atoms with Crippen molar-refractivity contribution in [3.05, 3.63) is 0 Å². The number of aliphatic hydroxyl groups excluding tert-OH is 1. The van der Waals surface area contributed by atoms with Gasteiger partial charge in [-0.2, -0.15) is 0 Å². The number of esters is 1. The van der Waals surface area contributed by atoms with E-state index in [1.165, 1.54) is 0 Å². The first-order chi connectivity index (χ1) is 17.9. The summed E-state index contributed by atoms with van der Waals surface area (Å²) in [5.41, 5.74) is -2.23. The van der Waals surface area contributed by atoms with Crippen LogP contribution in [-0.4, -0.2) is 89.1 Å². The minimum atomic E-state index is -1.61. The van der Waals surface area contributed by atoms with Crippen LogP contribution in [0.3, 0.4) is 0 Å². The number of nitrogens with one attached hydrogen (secondary N) is 1. The van der Waals surface area contributed by atoms with Crippen molar-refractivity contribution in [1.29, 1.82) is 0 Å². The molecule has 2 bridgehead atoms. The van der Waals surface area contributed by atoms with Crippen molar-refractivity contribution in [2.45, 2.75) is 136 Å². The average molecular weight is 555 g/mol. The number of cyclic esters (lactones) is 1. The lowest BCUT2D eigenvalue weighted by molar-refractivity contribution is -0.309. The van der Waals surface area contributed by atoms with Crippen LogP contribution in [0.15, 0.2) is 0 Å². The normalized spacial score (nSPS) is 45.3. The summed E-state index contributed by atoms with van der Waals surface area (Å²) in [5.74, 6) is -1.41. The lowest BCUT2D eigenvalue weighted by atomic mass is 9.61. The molecular formula is C31H58N2O6. The number of likely N-dealkylation sites (N-methyl/N-ethyl adjacent to an activating group) is 1. The number of rotatable bonds is 1. The van der Waals surface area contributed by atoms with Crippen LogP contribution in [0.25, 0.3) is 0 Å². The zero-order valence-electron chi connectivity index (χ0n) is 26.5. The van der Waals surface area contributed by atoms with Crippen molar-refractivity contribution in [2.24, 2.45) is 29.1 Å². The number of carbonyl (C=O) groups is 1. The van der Waals surface area contributed by atoms with Crippen molar-refractivity contribution >= 4 is 5.97 Å². The van der Waals surface area contributed by atoms with Crippen molar-refractivity contribution in [1.82, 2.24) is 10.2 Å². The highest BCUT2D eigenvalue weighted by molar-refractivity contribution is 5.73. The van der Waals surface area contributed by atoms with E-state index < -0.39 is 47.2 Å². The van der Waals surface area contributed by atoms with Gasteiger partial charge in [-0.15, -0.1) is 0 Å². The first-order valence-corrected chi connectivity index (χ1v) is 15.3. The van der Waals surface area contributed by atoms with E-state index in [9.17, 15) is 15.0 Å². The molecule has 3 rings (SSSR count). The van der Waals surface area contributed by atoms with Gasteiger partial charge in [0.05, 0.1) is 17.6 Å². The van der Waals surface area contributed by atoms with E-state index in [4.69, 9.17) is 14.2 Å². The third kappa shape index (κ3) is 6.67. The molecule has 0 aliphatic carbocycles. The van der Waals surface area contributed by atoms with Gasteiger partial charge in [-0.25, -0.2) is 0 Å². The van der Waals surface area contributed by atoms with Crippen molar-refractivity contribution in [3.63, 3.8) is 0 Å². The van der Waals surface area contributed by atoms with Gasteiger partial charge in [0, 0.05) is 38.5 Å². The molecule has 3 saturated heterocycles. The third-order valence-electron chi connectivity index (χ3n) is 10.0. The Morgan fingerprint density at radius 3 is 2.23 bits per heavy atom. The largest absolute Gasteiger partial charge is 0.459 e. The van der Waals surface area contributed by atoms with Crippen LogP contribution in [0.2, 0.25) is 0 Å². The van der Waals surface area contributed by atoms with Gasteiger partial charge in [0.15, 0.2) is 5.79 Å². The summed E-state index contributed by atoms with van der Waals surface area (Å²) in [6.07, 6.45) is 0.255. The summed E-state index contributed by atoms with van der Waals surface area (Å²) < 4.78 is 20.3. The molecule has 3 aliphatic heterocycles. The van der Waals surface area contributed by atoms with Gasteiger partial charge in [-0.3, -0.25) is 4.79 Å². The molecule has 8 nitrogen and oxygen atoms in total. The number of carbonyl (C=O) groups excluding carboxylic acids is 1.